The fourth-order valence-corrected chi connectivity index (χ4v) is 6.97. The van der Waals surface area contributed by atoms with Crippen LogP contribution in [0.3, 0.4) is 0 Å². The van der Waals surface area contributed by atoms with E-state index < -0.39 is 0 Å². The van der Waals surface area contributed by atoms with Gasteiger partial charge in [-0.1, -0.05) is 154 Å². The number of likely N-dealkylation sites (tertiary alicyclic amines) is 1. The molecule has 1 heterocycles. The number of carbonyl (C=O) groups excluding carboxylic acids is 1. The quantitative estimate of drug-likeness (QED) is 0.0502. The monoisotopic (exact) mass is 733 g/mol. The summed E-state index contributed by atoms with van der Waals surface area (Å²) in [4.78, 5) is 14.9. The van der Waals surface area contributed by atoms with E-state index in [9.17, 15) is 4.79 Å². The minimum Gasteiger partial charge on any atom is -0.448 e. The van der Waals surface area contributed by atoms with Crippen molar-refractivity contribution < 1.29 is 19.0 Å². The third-order valence-electron chi connectivity index (χ3n) is 10.4. The van der Waals surface area contributed by atoms with Gasteiger partial charge in [-0.2, -0.15) is 0 Å². The van der Waals surface area contributed by atoms with Crippen molar-refractivity contribution in [2.75, 3.05) is 52.7 Å². The molecule has 0 atom stereocenters. The molecule has 1 rings (SSSR count). The molecule has 1 fully saturated rings. The summed E-state index contributed by atoms with van der Waals surface area (Å²) >= 11 is 0. The zero-order valence-corrected chi connectivity index (χ0v) is 34.8. The van der Waals surface area contributed by atoms with Gasteiger partial charge in [-0.3, -0.25) is 4.90 Å². The number of alkyl carbamates (subject to hydrolysis) is 1. The lowest BCUT2D eigenvalue weighted by Crippen LogP contribution is -2.42. The number of nitrogens with zero attached hydrogens (tertiary/aromatic N) is 1. The molecule has 52 heavy (non-hydrogen) atoms. The first kappa shape index (κ1) is 48.6. The van der Waals surface area contributed by atoms with Gasteiger partial charge in [-0.25, -0.2) is 4.79 Å². The van der Waals surface area contributed by atoms with E-state index in [0.29, 0.717) is 19.8 Å². The lowest BCUT2D eigenvalue weighted by atomic mass is 10.1. The average molecular weight is 733 g/mol. The number of carbonyl (C=O) groups is 1. The molecule has 0 aromatic carbocycles. The highest BCUT2D eigenvalue weighted by Gasteiger charge is 2.16. The minimum atomic E-state index is -0.356. The Morgan fingerprint density at radius 3 is 1.29 bits per heavy atom. The molecule has 1 saturated heterocycles. The molecule has 6 nitrogen and oxygen atoms in total. The molecule has 0 saturated carbocycles. The number of amides is 1. The summed E-state index contributed by atoms with van der Waals surface area (Å²) in [6, 6.07) is -0.178. The fraction of sp³-hybridized carbons (Fsp3) is 0.891. The molecular weight excluding hydrogens is 645 g/mol. The van der Waals surface area contributed by atoms with E-state index in [2.05, 4.69) is 48.4 Å². The van der Waals surface area contributed by atoms with Crippen LogP contribution in [-0.2, 0) is 14.2 Å². The van der Waals surface area contributed by atoms with Crippen molar-refractivity contribution in [3.63, 3.8) is 0 Å². The highest BCUT2D eigenvalue weighted by atomic mass is 16.6. The maximum Gasteiger partial charge on any atom is 0.407 e. The predicted molar refractivity (Wildman–Crippen MR) is 224 cm³/mol. The highest BCUT2D eigenvalue weighted by molar-refractivity contribution is 5.67. The van der Waals surface area contributed by atoms with Crippen molar-refractivity contribution in [3.05, 3.63) is 24.3 Å². The maximum absolute atomic E-state index is 12.5. The second-order valence-corrected chi connectivity index (χ2v) is 15.6. The molecule has 0 spiro atoms. The van der Waals surface area contributed by atoms with Crippen LogP contribution in [0, 0.1) is 0 Å². The summed E-state index contributed by atoms with van der Waals surface area (Å²) in [5.41, 5.74) is 0. The van der Waals surface area contributed by atoms with Crippen LogP contribution in [0.1, 0.15) is 206 Å². The van der Waals surface area contributed by atoms with Crippen LogP contribution in [0.15, 0.2) is 24.3 Å². The molecular formula is C46H88N2O4. The SMILES string of the molecule is CCCCCCCCC=CCCCCCCCCOCC(COCCCCCCCCC=CCCCCCCCC)NC(=O)OCCN1CCCC1. The summed E-state index contributed by atoms with van der Waals surface area (Å²) in [5, 5.41) is 3.02. The van der Waals surface area contributed by atoms with Gasteiger partial charge < -0.3 is 19.5 Å². The summed E-state index contributed by atoms with van der Waals surface area (Å²) in [7, 11) is 0. The van der Waals surface area contributed by atoms with Crippen molar-refractivity contribution in [2.45, 2.75) is 213 Å². The topological polar surface area (TPSA) is 60.0 Å². The number of rotatable bonds is 40. The smallest absolute Gasteiger partial charge is 0.407 e. The standard InChI is InChI=1S/C46H88N2O4/c1-3-5-7-9-11-13-15-17-19-21-23-25-27-29-31-35-40-50-43-45(47-46(49)52-42-39-48-37-33-34-38-48)44-51-41-36-32-30-28-26-24-22-20-18-16-14-12-10-8-6-4-2/h17-20,45H,3-16,21-44H2,1-2H3,(H,47,49). The summed E-state index contributed by atoms with van der Waals surface area (Å²) in [5.74, 6) is 0. The zero-order valence-electron chi connectivity index (χ0n) is 34.8. The van der Waals surface area contributed by atoms with E-state index in [1.165, 1.54) is 180 Å². The first-order valence-electron chi connectivity index (χ1n) is 22.9. The van der Waals surface area contributed by atoms with Gasteiger partial charge in [-0.15, -0.1) is 0 Å². The molecule has 306 valence electrons. The lowest BCUT2D eigenvalue weighted by Gasteiger charge is -2.20. The molecule has 1 N–H and O–H groups in total. The summed E-state index contributed by atoms with van der Waals surface area (Å²) in [6.45, 7) is 10.5. The third kappa shape index (κ3) is 35.6. The number of unbranched alkanes of at least 4 members (excludes halogenated alkanes) is 24. The van der Waals surface area contributed by atoms with Gasteiger partial charge in [0.1, 0.15) is 6.61 Å². The van der Waals surface area contributed by atoms with E-state index in [0.717, 1.165) is 45.7 Å². The number of nitrogens with one attached hydrogen (secondary N) is 1. The molecule has 1 amide bonds. The molecule has 1 aliphatic heterocycles. The van der Waals surface area contributed by atoms with Gasteiger partial charge in [0.25, 0.3) is 0 Å². The number of hydrogen-bond acceptors (Lipinski definition) is 5. The summed E-state index contributed by atoms with van der Waals surface area (Å²) < 4.78 is 17.5. The third-order valence-corrected chi connectivity index (χ3v) is 10.4. The van der Waals surface area contributed by atoms with E-state index in [1.54, 1.807) is 0 Å². The van der Waals surface area contributed by atoms with Gasteiger partial charge in [0, 0.05) is 19.8 Å². The fourth-order valence-electron chi connectivity index (χ4n) is 6.97. The lowest BCUT2D eigenvalue weighted by molar-refractivity contribution is 0.0485. The Balaban J connectivity index is 2.08. The van der Waals surface area contributed by atoms with Gasteiger partial charge in [0.05, 0.1) is 19.3 Å². The van der Waals surface area contributed by atoms with E-state index >= 15 is 0 Å². The normalized spacial score (nSPS) is 14.3. The van der Waals surface area contributed by atoms with Crippen LogP contribution >= 0.6 is 0 Å². The predicted octanol–water partition coefficient (Wildman–Crippen LogP) is 13.3. The zero-order chi connectivity index (χ0) is 37.3. The van der Waals surface area contributed by atoms with Crippen LogP contribution in [0.4, 0.5) is 4.79 Å². The van der Waals surface area contributed by atoms with Crippen molar-refractivity contribution >= 4 is 6.09 Å². The van der Waals surface area contributed by atoms with Crippen molar-refractivity contribution in [2.24, 2.45) is 0 Å². The first-order chi connectivity index (χ1) is 25.8. The van der Waals surface area contributed by atoms with Gasteiger partial charge in [0.15, 0.2) is 0 Å². The summed E-state index contributed by atoms with van der Waals surface area (Å²) in [6.07, 6.45) is 48.3. The molecule has 6 heteroatoms. The average Bonchev–Trinajstić information content (AvgIpc) is 3.67. The van der Waals surface area contributed by atoms with Crippen LogP contribution in [0.25, 0.3) is 0 Å². The molecule has 0 aromatic heterocycles. The second-order valence-electron chi connectivity index (χ2n) is 15.6. The molecule has 0 aliphatic carbocycles. The van der Waals surface area contributed by atoms with Crippen LogP contribution in [0.2, 0.25) is 0 Å². The largest absolute Gasteiger partial charge is 0.448 e. The molecule has 0 aromatic rings. The Hall–Kier alpha value is -1.37. The molecule has 1 aliphatic rings. The Morgan fingerprint density at radius 2 is 0.885 bits per heavy atom. The Bertz CT molecular complexity index is 736. The Labute approximate surface area is 324 Å². The van der Waals surface area contributed by atoms with Gasteiger partial charge >= 0.3 is 6.09 Å². The Kier molecular flexibility index (Phi) is 38.2. The van der Waals surface area contributed by atoms with E-state index in [4.69, 9.17) is 14.2 Å². The second kappa shape index (κ2) is 40.8. The van der Waals surface area contributed by atoms with Gasteiger partial charge in [0.2, 0.25) is 0 Å². The van der Waals surface area contributed by atoms with Crippen molar-refractivity contribution in [1.29, 1.82) is 0 Å². The maximum atomic E-state index is 12.5. The molecule has 0 radical (unpaired) electrons. The first-order valence-corrected chi connectivity index (χ1v) is 22.9. The van der Waals surface area contributed by atoms with Gasteiger partial charge in [-0.05, 0) is 90.1 Å². The number of allylic oxidation sites excluding steroid dienone is 4. The Morgan fingerprint density at radius 1 is 0.519 bits per heavy atom. The highest BCUT2D eigenvalue weighted by Crippen LogP contribution is 2.12. The molecule has 0 unspecified atom stereocenters. The van der Waals surface area contributed by atoms with Crippen LogP contribution < -0.4 is 5.32 Å². The van der Waals surface area contributed by atoms with E-state index in [1.807, 2.05) is 0 Å². The number of hydrogen-bond donors (Lipinski definition) is 1. The van der Waals surface area contributed by atoms with E-state index in [-0.39, 0.29) is 12.1 Å². The molecule has 0 bridgehead atoms. The van der Waals surface area contributed by atoms with Crippen LogP contribution in [-0.4, -0.2) is 69.7 Å². The van der Waals surface area contributed by atoms with Crippen LogP contribution in [0.5, 0.6) is 0 Å². The van der Waals surface area contributed by atoms with Crippen molar-refractivity contribution in [1.82, 2.24) is 10.2 Å². The number of ether oxygens (including phenoxy) is 3. The van der Waals surface area contributed by atoms with Crippen molar-refractivity contribution in [3.8, 4) is 0 Å². The minimum absolute atomic E-state index is 0.178.